The summed E-state index contributed by atoms with van der Waals surface area (Å²) in [5.41, 5.74) is 8.11. The van der Waals surface area contributed by atoms with Gasteiger partial charge in [-0.15, -0.1) is 11.3 Å². The fourth-order valence-corrected chi connectivity index (χ4v) is 3.76. The molecule has 2 aromatic heterocycles. The van der Waals surface area contributed by atoms with Gasteiger partial charge in [0.2, 0.25) is 0 Å². The van der Waals surface area contributed by atoms with E-state index in [2.05, 4.69) is 12.0 Å². The average Bonchev–Trinajstić information content (AvgIpc) is 3.06. The molecule has 0 atom stereocenters. The van der Waals surface area contributed by atoms with Crippen LogP contribution in [0.25, 0.3) is 11.3 Å². The number of rotatable bonds is 3. The first-order valence-electron chi connectivity index (χ1n) is 7.07. The molecule has 1 aliphatic carbocycles. The van der Waals surface area contributed by atoms with Gasteiger partial charge in [0, 0.05) is 24.2 Å². The van der Waals surface area contributed by atoms with Crippen LogP contribution < -0.4 is 5.73 Å². The fourth-order valence-electron chi connectivity index (χ4n) is 2.74. The molecule has 5 heteroatoms. The van der Waals surface area contributed by atoms with Gasteiger partial charge in [-0.3, -0.25) is 4.68 Å². The van der Waals surface area contributed by atoms with Gasteiger partial charge in [-0.25, -0.2) is 4.98 Å². The van der Waals surface area contributed by atoms with E-state index in [1.807, 2.05) is 17.1 Å². The maximum absolute atomic E-state index is 6.15. The highest BCUT2D eigenvalue weighted by molar-refractivity contribution is 7.16. The summed E-state index contributed by atoms with van der Waals surface area (Å²) in [4.78, 5) is 4.79. The Hall–Kier alpha value is -1.36. The lowest BCUT2D eigenvalue weighted by atomic mass is 9.90. The van der Waals surface area contributed by atoms with Gasteiger partial charge in [-0.1, -0.05) is 19.3 Å². The van der Waals surface area contributed by atoms with E-state index in [1.54, 1.807) is 11.3 Å². The first kappa shape index (κ1) is 12.7. The van der Waals surface area contributed by atoms with E-state index < -0.39 is 0 Å². The van der Waals surface area contributed by atoms with E-state index >= 15 is 0 Å². The van der Waals surface area contributed by atoms with Gasteiger partial charge in [-0.05, 0) is 19.8 Å². The highest BCUT2D eigenvalue weighted by Gasteiger charge is 2.21. The molecule has 0 radical (unpaired) electrons. The van der Waals surface area contributed by atoms with E-state index in [0.29, 0.717) is 5.92 Å². The number of hydrogen-bond acceptors (Lipinski definition) is 4. The van der Waals surface area contributed by atoms with Gasteiger partial charge in [0.15, 0.2) is 0 Å². The van der Waals surface area contributed by atoms with Gasteiger partial charge in [-0.2, -0.15) is 5.10 Å². The molecule has 3 rings (SSSR count). The minimum atomic E-state index is 0.621. The van der Waals surface area contributed by atoms with Crippen molar-refractivity contribution in [3.05, 3.63) is 17.4 Å². The highest BCUT2D eigenvalue weighted by Crippen LogP contribution is 2.39. The zero-order chi connectivity index (χ0) is 13.2. The summed E-state index contributed by atoms with van der Waals surface area (Å²) < 4.78 is 1.91. The van der Waals surface area contributed by atoms with E-state index in [4.69, 9.17) is 10.7 Å². The number of anilines is 1. The van der Waals surface area contributed by atoms with Crippen molar-refractivity contribution in [2.24, 2.45) is 0 Å². The zero-order valence-electron chi connectivity index (χ0n) is 11.3. The van der Waals surface area contributed by atoms with Crippen molar-refractivity contribution in [2.45, 2.75) is 51.5 Å². The van der Waals surface area contributed by atoms with Crippen molar-refractivity contribution < 1.29 is 0 Å². The van der Waals surface area contributed by atoms with Crippen LogP contribution in [0.5, 0.6) is 0 Å². The Balaban J connectivity index is 1.88. The second-order valence-corrected chi connectivity index (χ2v) is 6.25. The Kier molecular flexibility index (Phi) is 3.55. The Bertz CT molecular complexity index is 552. The first-order chi connectivity index (χ1) is 9.28. The Morgan fingerprint density at radius 3 is 2.84 bits per heavy atom. The predicted octanol–water partition coefficient (Wildman–Crippen LogP) is 3.66. The number of hydrogen-bond donors (Lipinski definition) is 1. The van der Waals surface area contributed by atoms with Gasteiger partial charge in [0.25, 0.3) is 0 Å². The normalized spacial score (nSPS) is 16.9. The Labute approximate surface area is 117 Å². The number of thiazole rings is 1. The van der Waals surface area contributed by atoms with Gasteiger partial charge >= 0.3 is 0 Å². The standard InChI is InChI=1S/C14H20N4S/c1-2-18-9-11(8-16-18)12-13(15)19-14(17-12)10-6-4-3-5-7-10/h8-10H,2-7,15H2,1H3. The molecule has 0 spiro atoms. The third kappa shape index (κ3) is 2.52. The van der Waals surface area contributed by atoms with Crippen molar-refractivity contribution in [1.29, 1.82) is 0 Å². The van der Waals surface area contributed by atoms with E-state index in [9.17, 15) is 0 Å². The molecule has 0 unspecified atom stereocenters. The van der Waals surface area contributed by atoms with Crippen molar-refractivity contribution in [3.63, 3.8) is 0 Å². The molecule has 0 amide bonds. The summed E-state index contributed by atoms with van der Waals surface area (Å²) in [5.74, 6) is 0.621. The minimum Gasteiger partial charge on any atom is -0.389 e. The number of nitrogens with two attached hydrogens (primary N) is 1. The maximum Gasteiger partial charge on any atom is 0.114 e. The van der Waals surface area contributed by atoms with Gasteiger partial charge < -0.3 is 5.73 Å². The SMILES string of the molecule is CCn1cc(-c2nc(C3CCCCC3)sc2N)cn1. The third-order valence-electron chi connectivity index (χ3n) is 3.86. The van der Waals surface area contributed by atoms with Crippen LogP contribution in [0.15, 0.2) is 12.4 Å². The second-order valence-electron chi connectivity index (χ2n) is 5.18. The number of nitrogen functional groups attached to an aromatic ring is 1. The van der Waals surface area contributed by atoms with E-state index in [0.717, 1.165) is 22.8 Å². The molecule has 1 saturated carbocycles. The lowest BCUT2D eigenvalue weighted by molar-refractivity contribution is 0.442. The fraction of sp³-hybridized carbons (Fsp3) is 0.571. The van der Waals surface area contributed by atoms with Crippen LogP contribution in [0.2, 0.25) is 0 Å². The molecule has 102 valence electrons. The smallest absolute Gasteiger partial charge is 0.114 e. The molecule has 2 N–H and O–H groups in total. The zero-order valence-corrected chi connectivity index (χ0v) is 12.1. The molecular weight excluding hydrogens is 256 g/mol. The van der Waals surface area contributed by atoms with Crippen molar-refractivity contribution in [1.82, 2.24) is 14.8 Å². The molecule has 1 fully saturated rings. The number of aryl methyl sites for hydroxylation is 1. The van der Waals surface area contributed by atoms with Crippen molar-refractivity contribution in [2.75, 3.05) is 5.73 Å². The molecule has 0 bridgehead atoms. The topological polar surface area (TPSA) is 56.7 Å². The molecule has 2 heterocycles. The van der Waals surface area contributed by atoms with Crippen molar-refractivity contribution in [3.8, 4) is 11.3 Å². The van der Waals surface area contributed by atoms with Gasteiger partial charge in [0.1, 0.15) is 10.7 Å². The second kappa shape index (κ2) is 5.33. The third-order valence-corrected chi connectivity index (χ3v) is 4.90. The molecular formula is C14H20N4S. The minimum absolute atomic E-state index is 0.621. The first-order valence-corrected chi connectivity index (χ1v) is 7.88. The summed E-state index contributed by atoms with van der Waals surface area (Å²) in [5, 5.41) is 6.35. The van der Waals surface area contributed by atoms with Crippen LogP contribution in [-0.4, -0.2) is 14.8 Å². The summed E-state index contributed by atoms with van der Waals surface area (Å²) in [6, 6.07) is 0. The van der Waals surface area contributed by atoms with Crippen LogP contribution in [-0.2, 0) is 6.54 Å². The lowest BCUT2D eigenvalue weighted by Gasteiger charge is -2.18. The molecule has 0 aliphatic heterocycles. The van der Waals surface area contributed by atoms with Crippen LogP contribution in [0, 0.1) is 0 Å². The molecule has 1 aliphatic rings. The predicted molar refractivity (Wildman–Crippen MR) is 79.2 cm³/mol. The monoisotopic (exact) mass is 276 g/mol. The van der Waals surface area contributed by atoms with E-state index in [-0.39, 0.29) is 0 Å². The summed E-state index contributed by atoms with van der Waals surface area (Å²) in [6.45, 7) is 2.95. The van der Waals surface area contributed by atoms with Gasteiger partial charge in [0.05, 0.1) is 11.2 Å². The summed E-state index contributed by atoms with van der Waals surface area (Å²) in [6.07, 6.45) is 10.4. The van der Waals surface area contributed by atoms with Crippen molar-refractivity contribution >= 4 is 16.3 Å². The molecule has 4 nitrogen and oxygen atoms in total. The van der Waals surface area contributed by atoms with E-state index in [1.165, 1.54) is 37.1 Å². The highest BCUT2D eigenvalue weighted by atomic mass is 32.1. The molecule has 2 aromatic rings. The number of aromatic nitrogens is 3. The van der Waals surface area contributed by atoms with Crippen LogP contribution in [0.4, 0.5) is 5.00 Å². The van der Waals surface area contributed by atoms with Crippen LogP contribution >= 0.6 is 11.3 Å². The lowest BCUT2D eigenvalue weighted by Crippen LogP contribution is -2.03. The summed E-state index contributed by atoms with van der Waals surface area (Å²) in [7, 11) is 0. The Morgan fingerprint density at radius 2 is 2.16 bits per heavy atom. The van der Waals surface area contributed by atoms with Crippen LogP contribution in [0.3, 0.4) is 0 Å². The quantitative estimate of drug-likeness (QED) is 0.930. The van der Waals surface area contributed by atoms with Crippen LogP contribution in [0.1, 0.15) is 50.0 Å². The molecule has 0 saturated heterocycles. The average molecular weight is 276 g/mol. The summed E-state index contributed by atoms with van der Waals surface area (Å²) >= 11 is 1.66. The number of nitrogens with zero attached hydrogens (tertiary/aromatic N) is 3. The Morgan fingerprint density at radius 1 is 1.37 bits per heavy atom. The molecule has 19 heavy (non-hydrogen) atoms. The maximum atomic E-state index is 6.15. The molecule has 0 aromatic carbocycles. The largest absolute Gasteiger partial charge is 0.389 e.